The first-order chi connectivity index (χ1) is 8.39. The molecule has 2 N–H and O–H groups in total. The lowest BCUT2D eigenvalue weighted by atomic mass is 10.2. The Morgan fingerprint density at radius 3 is 2.33 bits per heavy atom. The quantitative estimate of drug-likeness (QED) is 0.771. The topological polar surface area (TPSA) is 69.4 Å². The van der Waals surface area contributed by atoms with E-state index in [9.17, 15) is 8.42 Å². The number of nitrogens with two attached hydrogens (primary N) is 1. The van der Waals surface area contributed by atoms with Gasteiger partial charge in [0.2, 0.25) is 0 Å². The minimum absolute atomic E-state index is 0.0596. The van der Waals surface area contributed by atoms with Crippen molar-refractivity contribution < 1.29 is 13.2 Å². The van der Waals surface area contributed by atoms with Crippen molar-refractivity contribution in [1.82, 2.24) is 0 Å². The number of ether oxygens (including phenoxy) is 1. The second kappa shape index (κ2) is 6.64. The second-order valence-electron chi connectivity index (χ2n) is 4.75. The summed E-state index contributed by atoms with van der Waals surface area (Å²) in [7, 11) is -3.00. The molecule has 0 unspecified atom stereocenters. The number of rotatable bonds is 7. The molecule has 1 aromatic carbocycles. The molecule has 0 heterocycles. The Balaban J connectivity index is 2.34. The van der Waals surface area contributed by atoms with Crippen molar-refractivity contribution in [1.29, 1.82) is 0 Å². The summed E-state index contributed by atoms with van der Waals surface area (Å²) in [5, 5.41) is 0. The number of hydrogen-bond donors (Lipinski definition) is 1. The Bertz CT molecular complexity index is 452. The molecule has 5 heteroatoms. The van der Waals surface area contributed by atoms with Gasteiger partial charge >= 0.3 is 0 Å². The molecule has 4 nitrogen and oxygen atoms in total. The lowest BCUT2D eigenvalue weighted by Gasteiger charge is -2.08. The maximum absolute atomic E-state index is 11.7. The summed E-state index contributed by atoms with van der Waals surface area (Å²) in [4.78, 5) is 0. The average molecular weight is 271 g/mol. The van der Waals surface area contributed by atoms with Crippen molar-refractivity contribution >= 4 is 15.5 Å². The molecule has 1 rings (SSSR count). The van der Waals surface area contributed by atoms with E-state index in [1.807, 2.05) is 13.8 Å². The summed E-state index contributed by atoms with van der Waals surface area (Å²) in [6.45, 7) is 4.21. The molecule has 0 aliphatic heterocycles. The molecule has 0 atom stereocenters. The lowest BCUT2D eigenvalue weighted by molar-refractivity contribution is 0.341. The van der Waals surface area contributed by atoms with Crippen LogP contribution >= 0.6 is 0 Å². The van der Waals surface area contributed by atoms with Crippen molar-refractivity contribution in [2.24, 2.45) is 5.92 Å². The Labute approximate surface area is 109 Å². The average Bonchev–Trinajstić information content (AvgIpc) is 2.29. The van der Waals surface area contributed by atoms with Gasteiger partial charge in [0, 0.05) is 5.69 Å². The third-order valence-electron chi connectivity index (χ3n) is 2.55. The summed E-state index contributed by atoms with van der Waals surface area (Å²) in [5.41, 5.74) is 6.20. The van der Waals surface area contributed by atoms with E-state index in [4.69, 9.17) is 10.5 Å². The van der Waals surface area contributed by atoms with Crippen molar-refractivity contribution in [2.75, 3.05) is 23.8 Å². The highest BCUT2D eigenvalue weighted by atomic mass is 32.2. The molecule has 0 fully saturated rings. The van der Waals surface area contributed by atoms with Gasteiger partial charge in [0.15, 0.2) is 9.84 Å². The van der Waals surface area contributed by atoms with E-state index < -0.39 is 9.84 Å². The number of hydrogen-bond acceptors (Lipinski definition) is 4. The van der Waals surface area contributed by atoms with Crippen molar-refractivity contribution in [3.8, 4) is 5.75 Å². The van der Waals surface area contributed by atoms with Crippen LogP contribution in [-0.2, 0) is 9.84 Å². The monoisotopic (exact) mass is 271 g/mol. The number of nitrogen functional groups attached to an aromatic ring is 1. The Morgan fingerprint density at radius 1 is 1.17 bits per heavy atom. The Kier molecular flexibility index (Phi) is 5.47. The standard InChI is InChI=1S/C13H21NO3S/c1-11(2)7-9-18(15,16)10-8-17-13-5-3-12(14)4-6-13/h3-6,11H,7-10,14H2,1-2H3. The summed E-state index contributed by atoms with van der Waals surface area (Å²) in [6.07, 6.45) is 0.699. The molecule has 0 aliphatic rings. The fourth-order valence-electron chi connectivity index (χ4n) is 1.37. The normalized spacial score (nSPS) is 11.7. The maximum atomic E-state index is 11.7. The highest BCUT2D eigenvalue weighted by Crippen LogP contribution is 2.13. The largest absolute Gasteiger partial charge is 0.493 e. The third kappa shape index (κ3) is 5.91. The summed E-state index contributed by atoms with van der Waals surface area (Å²) in [5.74, 6) is 1.33. The molecule has 0 aliphatic carbocycles. The van der Waals surface area contributed by atoms with Crippen molar-refractivity contribution in [2.45, 2.75) is 20.3 Å². The van der Waals surface area contributed by atoms with Crippen LogP contribution in [0.2, 0.25) is 0 Å². The maximum Gasteiger partial charge on any atom is 0.153 e. The van der Waals surface area contributed by atoms with Gasteiger partial charge in [-0.2, -0.15) is 0 Å². The SMILES string of the molecule is CC(C)CCS(=O)(=O)CCOc1ccc(N)cc1. The molecule has 0 saturated heterocycles. The molecule has 0 bridgehead atoms. The second-order valence-corrected chi connectivity index (χ2v) is 7.06. The zero-order chi connectivity index (χ0) is 13.6. The van der Waals surface area contributed by atoms with Crippen LogP contribution in [0.4, 0.5) is 5.69 Å². The molecule has 102 valence electrons. The summed E-state index contributed by atoms with van der Waals surface area (Å²) in [6, 6.07) is 6.91. The van der Waals surface area contributed by atoms with Gasteiger partial charge in [-0.25, -0.2) is 8.42 Å². The van der Waals surface area contributed by atoms with Gasteiger partial charge in [-0.3, -0.25) is 0 Å². The third-order valence-corrected chi connectivity index (χ3v) is 4.20. The van der Waals surface area contributed by atoms with Crippen LogP contribution in [0, 0.1) is 5.92 Å². The van der Waals surface area contributed by atoms with Crippen LogP contribution in [0.25, 0.3) is 0 Å². The van der Waals surface area contributed by atoms with E-state index in [0.717, 1.165) is 0 Å². The molecular formula is C13H21NO3S. The highest BCUT2D eigenvalue weighted by molar-refractivity contribution is 7.91. The van der Waals surface area contributed by atoms with Crippen molar-refractivity contribution in [3.05, 3.63) is 24.3 Å². The summed E-state index contributed by atoms with van der Waals surface area (Å²) < 4.78 is 28.7. The van der Waals surface area contributed by atoms with Gasteiger partial charge in [-0.15, -0.1) is 0 Å². The first kappa shape index (κ1) is 14.8. The van der Waals surface area contributed by atoms with Gasteiger partial charge in [-0.05, 0) is 36.6 Å². The van der Waals surface area contributed by atoms with E-state index in [0.29, 0.717) is 23.8 Å². The first-order valence-corrected chi connectivity index (χ1v) is 7.90. The fourth-order valence-corrected chi connectivity index (χ4v) is 2.74. The molecule has 0 amide bonds. The van der Waals surface area contributed by atoms with E-state index in [2.05, 4.69) is 0 Å². The Hall–Kier alpha value is -1.23. The minimum Gasteiger partial charge on any atom is -0.493 e. The fraction of sp³-hybridized carbons (Fsp3) is 0.538. The lowest BCUT2D eigenvalue weighted by Crippen LogP contribution is -2.18. The van der Waals surface area contributed by atoms with Crippen LogP contribution in [0.1, 0.15) is 20.3 Å². The van der Waals surface area contributed by atoms with Gasteiger partial charge in [0.05, 0.1) is 11.5 Å². The smallest absolute Gasteiger partial charge is 0.153 e. The van der Waals surface area contributed by atoms with E-state index >= 15 is 0 Å². The minimum atomic E-state index is -3.00. The number of anilines is 1. The molecule has 18 heavy (non-hydrogen) atoms. The molecule has 0 saturated carbocycles. The molecule has 0 radical (unpaired) electrons. The molecular weight excluding hydrogens is 250 g/mol. The van der Waals surface area contributed by atoms with E-state index in [1.165, 1.54) is 0 Å². The van der Waals surface area contributed by atoms with Gasteiger partial charge < -0.3 is 10.5 Å². The predicted molar refractivity (Wildman–Crippen MR) is 74.5 cm³/mol. The number of benzene rings is 1. The van der Waals surface area contributed by atoms with Gasteiger partial charge in [0.25, 0.3) is 0 Å². The van der Waals surface area contributed by atoms with Crippen LogP contribution < -0.4 is 10.5 Å². The number of sulfone groups is 1. The first-order valence-electron chi connectivity index (χ1n) is 6.08. The van der Waals surface area contributed by atoms with Crippen LogP contribution in [0.15, 0.2) is 24.3 Å². The molecule has 1 aromatic rings. The van der Waals surface area contributed by atoms with Crippen LogP contribution in [0.5, 0.6) is 5.75 Å². The van der Waals surface area contributed by atoms with Crippen LogP contribution in [-0.4, -0.2) is 26.5 Å². The zero-order valence-electron chi connectivity index (χ0n) is 10.9. The van der Waals surface area contributed by atoms with Crippen LogP contribution in [0.3, 0.4) is 0 Å². The molecule has 0 spiro atoms. The Morgan fingerprint density at radius 2 is 1.78 bits per heavy atom. The van der Waals surface area contributed by atoms with Crippen molar-refractivity contribution in [3.63, 3.8) is 0 Å². The predicted octanol–water partition coefficient (Wildman–Crippen LogP) is 2.11. The molecule has 0 aromatic heterocycles. The highest BCUT2D eigenvalue weighted by Gasteiger charge is 2.11. The summed E-state index contributed by atoms with van der Waals surface area (Å²) >= 11 is 0. The van der Waals surface area contributed by atoms with E-state index in [1.54, 1.807) is 24.3 Å². The van der Waals surface area contributed by atoms with E-state index in [-0.39, 0.29) is 18.1 Å². The van der Waals surface area contributed by atoms with Gasteiger partial charge in [0.1, 0.15) is 12.4 Å². The zero-order valence-corrected chi connectivity index (χ0v) is 11.7. The van der Waals surface area contributed by atoms with Gasteiger partial charge in [-0.1, -0.05) is 13.8 Å².